The summed E-state index contributed by atoms with van der Waals surface area (Å²) in [6, 6.07) is 13.7. The molecule has 0 radical (unpaired) electrons. The molecule has 0 atom stereocenters. The Kier molecular flexibility index (Phi) is 4.31. The predicted octanol–water partition coefficient (Wildman–Crippen LogP) is 3.62. The first kappa shape index (κ1) is 16.8. The van der Waals surface area contributed by atoms with E-state index >= 15 is 0 Å². The van der Waals surface area contributed by atoms with Crippen molar-refractivity contribution in [2.75, 3.05) is 4.90 Å². The van der Waals surface area contributed by atoms with E-state index in [1.165, 1.54) is 0 Å². The molecule has 3 rings (SSSR count). The molecule has 1 N–H and O–H groups in total. The number of amides is 2. The molecule has 0 spiro atoms. The molecule has 1 aliphatic heterocycles. The fraction of sp³-hybridized carbons (Fsp3) is 0.200. The summed E-state index contributed by atoms with van der Waals surface area (Å²) in [5.74, 6) is -1.13. The molecular weight excluding hydrogens is 318 g/mol. The average molecular weight is 337 g/mol. The van der Waals surface area contributed by atoms with Gasteiger partial charge in [0.2, 0.25) is 0 Å². The molecule has 0 aromatic heterocycles. The molecule has 0 aliphatic carbocycles. The van der Waals surface area contributed by atoms with E-state index in [9.17, 15) is 14.7 Å². The molecule has 0 saturated heterocycles. The Balaban J connectivity index is 1.93. The number of ether oxygens (including phenoxy) is 1. The molecule has 2 aromatic carbocycles. The van der Waals surface area contributed by atoms with Crippen molar-refractivity contribution in [2.45, 2.75) is 26.9 Å². The van der Waals surface area contributed by atoms with Crippen molar-refractivity contribution in [3.8, 4) is 5.75 Å². The molecule has 2 aromatic rings. The van der Waals surface area contributed by atoms with Gasteiger partial charge in [-0.1, -0.05) is 29.8 Å². The largest absolute Gasteiger partial charge is 0.502 e. The van der Waals surface area contributed by atoms with Gasteiger partial charge in [0.15, 0.2) is 5.76 Å². The highest BCUT2D eigenvalue weighted by Crippen LogP contribution is 2.32. The second-order valence-corrected chi connectivity index (χ2v) is 6.20. The van der Waals surface area contributed by atoms with E-state index in [-0.39, 0.29) is 11.7 Å². The number of anilines is 1. The predicted molar refractivity (Wildman–Crippen MR) is 95.4 cm³/mol. The van der Waals surface area contributed by atoms with Crippen molar-refractivity contribution in [3.05, 3.63) is 65.4 Å². The van der Waals surface area contributed by atoms with Gasteiger partial charge in [0.1, 0.15) is 5.75 Å². The maximum atomic E-state index is 12.7. The van der Waals surface area contributed by atoms with Crippen LogP contribution >= 0.6 is 0 Å². The number of carbonyl (C=O) groups excluding carboxylic acids is 2. The minimum Gasteiger partial charge on any atom is -0.502 e. The van der Waals surface area contributed by atoms with Crippen LogP contribution in [0.4, 0.5) is 5.69 Å². The molecule has 5 nitrogen and oxygen atoms in total. The number of benzene rings is 2. The van der Waals surface area contributed by atoms with Gasteiger partial charge < -0.3 is 9.84 Å². The van der Waals surface area contributed by atoms with Crippen molar-refractivity contribution in [1.29, 1.82) is 0 Å². The number of hydrogen-bond acceptors (Lipinski definition) is 4. The molecule has 0 bridgehead atoms. The quantitative estimate of drug-likeness (QED) is 0.865. The van der Waals surface area contributed by atoms with Gasteiger partial charge in [-0.25, -0.2) is 4.90 Å². The van der Waals surface area contributed by atoms with Crippen LogP contribution in [0.1, 0.15) is 25.0 Å². The van der Waals surface area contributed by atoms with Crippen LogP contribution in [0.25, 0.3) is 5.57 Å². The maximum Gasteiger partial charge on any atom is 0.301 e. The van der Waals surface area contributed by atoms with Gasteiger partial charge in [-0.3, -0.25) is 9.59 Å². The molecule has 0 saturated carbocycles. The first-order chi connectivity index (χ1) is 11.9. The number of aliphatic hydroxyl groups excluding tert-OH is 1. The third-order valence-corrected chi connectivity index (χ3v) is 3.87. The standard InChI is InChI=1S/C20H19NO4/c1-12(2)25-16-10-6-14(7-11-16)17-18(22)20(24)21(19(17)23)15-8-4-13(3)5-9-15/h4-12,22H,1-3H3. The zero-order valence-corrected chi connectivity index (χ0v) is 14.3. The van der Waals surface area contributed by atoms with E-state index in [2.05, 4.69) is 0 Å². The molecule has 128 valence electrons. The van der Waals surface area contributed by atoms with E-state index in [1.807, 2.05) is 32.9 Å². The van der Waals surface area contributed by atoms with E-state index in [1.54, 1.807) is 36.4 Å². The average Bonchev–Trinajstić information content (AvgIpc) is 2.79. The van der Waals surface area contributed by atoms with Crippen LogP contribution < -0.4 is 9.64 Å². The van der Waals surface area contributed by atoms with Crippen LogP contribution in [-0.2, 0) is 9.59 Å². The summed E-state index contributed by atoms with van der Waals surface area (Å²) in [5, 5.41) is 10.2. The van der Waals surface area contributed by atoms with E-state index in [0.29, 0.717) is 17.0 Å². The second kappa shape index (κ2) is 6.43. The second-order valence-electron chi connectivity index (χ2n) is 6.20. The number of aryl methyl sites for hydroxylation is 1. The van der Waals surface area contributed by atoms with Crippen LogP contribution in [0.5, 0.6) is 5.75 Å². The van der Waals surface area contributed by atoms with E-state index in [4.69, 9.17) is 4.74 Å². The van der Waals surface area contributed by atoms with Crippen LogP contribution in [-0.4, -0.2) is 23.0 Å². The summed E-state index contributed by atoms with van der Waals surface area (Å²) < 4.78 is 5.57. The molecule has 2 amide bonds. The maximum absolute atomic E-state index is 12.7. The van der Waals surface area contributed by atoms with Gasteiger partial charge in [0, 0.05) is 0 Å². The number of hydrogen-bond donors (Lipinski definition) is 1. The van der Waals surface area contributed by atoms with Crippen LogP contribution in [0.2, 0.25) is 0 Å². The number of nitrogens with zero attached hydrogens (tertiary/aromatic N) is 1. The van der Waals surface area contributed by atoms with Crippen LogP contribution in [0, 0.1) is 6.92 Å². The SMILES string of the molecule is Cc1ccc(N2C(=O)C(O)=C(c3ccc(OC(C)C)cc3)C2=O)cc1. The van der Waals surface area contributed by atoms with Gasteiger partial charge in [0.05, 0.1) is 17.4 Å². The fourth-order valence-corrected chi connectivity index (χ4v) is 2.68. The van der Waals surface area contributed by atoms with Crippen molar-refractivity contribution in [2.24, 2.45) is 0 Å². The summed E-state index contributed by atoms with van der Waals surface area (Å²) in [4.78, 5) is 26.1. The Bertz CT molecular complexity index is 848. The summed E-state index contributed by atoms with van der Waals surface area (Å²) in [7, 11) is 0. The fourth-order valence-electron chi connectivity index (χ4n) is 2.68. The highest BCUT2D eigenvalue weighted by Gasteiger charge is 2.40. The van der Waals surface area contributed by atoms with Gasteiger partial charge in [0.25, 0.3) is 5.91 Å². The molecular formula is C20H19NO4. The summed E-state index contributed by atoms with van der Waals surface area (Å²) in [6.07, 6.45) is 0.0326. The van der Waals surface area contributed by atoms with E-state index in [0.717, 1.165) is 10.5 Å². The Morgan fingerprint density at radius 3 is 2.08 bits per heavy atom. The number of carbonyl (C=O) groups is 2. The third-order valence-electron chi connectivity index (χ3n) is 3.87. The number of imide groups is 1. The first-order valence-corrected chi connectivity index (χ1v) is 8.04. The smallest absolute Gasteiger partial charge is 0.301 e. The Morgan fingerprint density at radius 1 is 0.920 bits per heavy atom. The molecule has 0 unspecified atom stereocenters. The highest BCUT2D eigenvalue weighted by molar-refractivity contribution is 6.44. The van der Waals surface area contributed by atoms with Gasteiger partial charge >= 0.3 is 5.91 Å². The normalized spacial score (nSPS) is 14.6. The lowest BCUT2D eigenvalue weighted by atomic mass is 10.1. The minimum atomic E-state index is -0.716. The van der Waals surface area contributed by atoms with Gasteiger partial charge in [-0.2, -0.15) is 0 Å². The molecule has 25 heavy (non-hydrogen) atoms. The molecule has 1 heterocycles. The summed E-state index contributed by atoms with van der Waals surface area (Å²) >= 11 is 0. The molecule has 0 fully saturated rings. The third kappa shape index (κ3) is 3.13. The van der Waals surface area contributed by atoms with Gasteiger partial charge in [-0.15, -0.1) is 0 Å². The number of aliphatic hydroxyl groups is 1. The van der Waals surface area contributed by atoms with Crippen LogP contribution in [0.3, 0.4) is 0 Å². The van der Waals surface area contributed by atoms with Crippen molar-refractivity contribution in [1.82, 2.24) is 0 Å². The van der Waals surface area contributed by atoms with Crippen molar-refractivity contribution < 1.29 is 19.4 Å². The lowest BCUT2D eigenvalue weighted by molar-refractivity contribution is -0.121. The lowest BCUT2D eigenvalue weighted by Gasteiger charge is -2.15. The zero-order chi connectivity index (χ0) is 18.1. The summed E-state index contributed by atoms with van der Waals surface area (Å²) in [6.45, 7) is 5.75. The summed E-state index contributed by atoms with van der Waals surface area (Å²) in [5.41, 5.74) is 1.92. The van der Waals surface area contributed by atoms with Gasteiger partial charge in [-0.05, 0) is 50.6 Å². The molecule has 1 aliphatic rings. The topological polar surface area (TPSA) is 66.8 Å². The van der Waals surface area contributed by atoms with E-state index < -0.39 is 17.6 Å². The lowest BCUT2D eigenvalue weighted by Crippen LogP contribution is -2.31. The first-order valence-electron chi connectivity index (χ1n) is 8.04. The Morgan fingerprint density at radius 2 is 1.52 bits per heavy atom. The Labute approximate surface area is 146 Å². The monoisotopic (exact) mass is 337 g/mol. The molecule has 5 heteroatoms. The minimum absolute atomic E-state index is 0.00155. The number of rotatable bonds is 4. The Hall–Kier alpha value is -3.08. The van der Waals surface area contributed by atoms with Crippen LogP contribution in [0.15, 0.2) is 54.3 Å². The zero-order valence-electron chi connectivity index (χ0n) is 14.3. The van der Waals surface area contributed by atoms with Crippen molar-refractivity contribution in [3.63, 3.8) is 0 Å². The highest BCUT2D eigenvalue weighted by atomic mass is 16.5. The van der Waals surface area contributed by atoms with Crippen molar-refractivity contribution >= 4 is 23.1 Å².